The molecular formula is C34H38F2N4O3. The Kier molecular flexibility index (Phi) is 8.53. The maximum Gasteiger partial charge on any atom is 0.410 e. The number of hydrogen-bond acceptors (Lipinski definition) is 4. The minimum atomic E-state index is -0.923. The van der Waals surface area contributed by atoms with Gasteiger partial charge in [0.2, 0.25) is 0 Å². The fourth-order valence-corrected chi connectivity index (χ4v) is 5.90. The van der Waals surface area contributed by atoms with E-state index in [1.807, 2.05) is 92.8 Å². The summed E-state index contributed by atoms with van der Waals surface area (Å²) in [5.74, 6) is -2.39. The lowest BCUT2D eigenvalue weighted by Crippen LogP contribution is -2.45. The van der Waals surface area contributed by atoms with Crippen molar-refractivity contribution in [3.8, 4) is 16.9 Å². The Bertz CT molecular complexity index is 1620. The van der Waals surface area contributed by atoms with Gasteiger partial charge in [0.15, 0.2) is 11.6 Å². The van der Waals surface area contributed by atoms with Crippen molar-refractivity contribution >= 4 is 11.9 Å². The van der Waals surface area contributed by atoms with Gasteiger partial charge >= 0.3 is 6.09 Å². The summed E-state index contributed by atoms with van der Waals surface area (Å²) in [6.07, 6.45) is 4.30. The van der Waals surface area contributed by atoms with Gasteiger partial charge in [0.1, 0.15) is 11.4 Å². The van der Waals surface area contributed by atoms with E-state index in [1.54, 1.807) is 11.0 Å². The van der Waals surface area contributed by atoms with Crippen LogP contribution in [0, 0.1) is 24.5 Å². The van der Waals surface area contributed by atoms with Crippen LogP contribution in [0.25, 0.3) is 16.9 Å². The van der Waals surface area contributed by atoms with Crippen LogP contribution in [0.15, 0.2) is 67.0 Å². The summed E-state index contributed by atoms with van der Waals surface area (Å²) >= 11 is 0. The lowest BCUT2D eigenvalue weighted by molar-refractivity contribution is -0.120. The van der Waals surface area contributed by atoms with Crippen molar-refractivity contribution in [3.05, 3.63) is 95.4 Å². The molecule has 2 unspecified atom stereocenters. The summed E-state index contributed by atoms with van der Waals surface area (Å²) < 4.78 is 37.4. The SMILES string of the molecule is Cc1c(-c2ccn(C)c2)nn(-c2ccccc2)c1CC(=O)CC1CN(C(=O)OC(C)(C)C)CCC1c1ccc(F)c(F)c1. The minimum Gasteiger partial charge on any atom is -0.444 e. The lowest BCUT2D eigenvalue weighted by atomic mass is 9.77. The molecule has 5 rings (SSSR count). The van der Waals surface area contributed by atoms with Crippen LogP contribution in [0.4, 0.5) is 13.6 Å². The molecular weight excluding hydrogens is 550 g/mol. The van der Waals surface area contributed by atoms with Gasteiger partial charge in [0.25, 0.3) is 0 Å². The number of nitrogens with zero attached hydrogens (tertiary/aromatic N) is 4. The highest BCUT2D eigenvalue weighted by Gasteiger charge is 2.36. The van der Waals surface area contributed by atoms with Crippen molar-refractivity contribution in [2.75, 3.05) is 13.1 Å². The van der Waals surface area contributed by atoms with Crippen LogP contribution in [-0.4, -0.2) is 49.8 Å². The highest BCUT2D eigenvalue weighted by molar-refractivity contribution is 5.82. The minimum absolute atomic E-state index is 0.0246. The third-order valence-corrected chi connectivity index (χ3v) is 7.96. The van der Waals surface area contributed by atoms with Crippen molar-refractivity contribution in [1.29, 1.82) is 0 Å². The first kappa shape index (κ1) is 30.2. The highest BCUT2D eigenvalue weighted by atomic mass is 19.2. The molecule has 0 saturated carbocycles. The number of carbonyl (C=O) groups excluding carboxylic acids is 2. The van der Waals surface area contributed by atoms with Gasteiger partial charge in [-0.3, -0.25) is 4.79 Å². The van der Waals surface area contributed by atoms with Crippen LogP contribution in [0.5, 0.6) is 0 Å². The molecule has 0 aliphatic carbocycles. The van der Waals surface area contributed by atoms with Crippen LogP contribution >= 0.6 is 0 Å². The number of halogens is 2. The van der Waals surface area contributed by atoms with E-state index >= 15 is 0 Å². The molecule has 1 aliphatic rings. The Morgan fingerprint density at radius 2 is 1.79 bits per heavy atom. The fraction of sp³-hybridized carbons (Fsp3) is 0.382. The second-order valence-corrected chi connectivity index (χ2v) is 12.4. The molecule has 0 radical (unpaired) electrons. The number of ether oxygens (including phenoxy) is 1. The number of ketones is 1. The maximum absolute atomic E-state index is 14.3. The van der Waals surface area contributed by atoms with Crippen molar-refractivity contribution in [2.45, 2.75) is 58.5 Å². The summed E-state index contributed by atoms with van der Waals surface area (Å²) in [6.45, 7) is 8.07. The molecule has 1 amide bonds. The molecule has 2 atom stereocenters. The smallest absolute Gasteiger partial charge is 0.410 e. The van der Waals surface area contributed by atoms with E-state index in [4.69, 9.17) is 9.84 Å². The molecule has 1 aliphatic heterocycles. The van der Waals surface area contributed by atoms with Gasteiger partial charge in [-0.2, -0.15) is 5.10 Å². The number of aromatic nitrogens is 3. The first-order valence-corrected chi connectivity index (χ1v) is 14.6. The van der Waals surface area contributed by atoms with Crippen molar-refractivity contribution in [2.24, 2.45) is 13.0 Å². The number of rotatable bonds is 7. The largest absolute Gasteiger partial charge is 0.444 e. The Morgan fingerprint density at radius 3 is 2.44 bits per heavy atom. The van der Waals surface area contributed by atoms with E-state index in [1.165, 1.54) is 6.07 Å². The highest BCUT2D eigenvalue weighted by Crippen LogP contribution is 2.37. The number of piperidine rings is 1. The number of benzene rings is 2. The average molecular weight is 589 g/mol. The Morgan fingerprint density at radius 1 is 1.05 bits per heavy atom. The molecule has 2 aromatic heterocycles. The number of carbonyl (C=O) groups is 2. The Hall–Kier alpha value is -4.27. The molecule has 0 bridgehead atoms. The molecule has 226 valence electrons. The van der Waals surface area contributed by atoms with Gasteiger partial charge < -0.3 is 14.2 Å². The monoisotopic (exact) mass is 588 g/mol. The number of Topliss-reactive ketones (excluding diaryl/α,β-unsaturated/α-hetero) is 1. The number of aryl methyl sites for hydroxylation is 1. The van der Waals surface area contributed by atoms with E-state index < -0.39 is 23.3 Å². The summed E-state index contributed by atoms with van der Waals surface area (Å²) in [7, 11) is 1.95. The quantitative estimate of drug-likeness (QED) is 0.233. The number of para-hydroxylation sites is 1. The molecule has 1 saturated heterocycles. The zero-order valence-corrected chi connectivity index (χ0v) is 25.3. The van der Waals surface area contributed by atoms with Gasteiger partial charge in [0, 0.05) is 50.9 Å². The van der Waals surface area contributed by atoms with E-state index in [-0.39, 0.29) is 37.0 Å². The zero-order chi connectivity index (χ0) is 30.9. The van der Waals surface area contributed by atoms with Crippen LogP contribution in [0.1, 0.15) is 56.4 Å². The summed E-state index contributed by atoms with van der Waals surface area (Å²) in [4.78, 5) is 28.4. The second-order valence-electron chi connectivity index (χ2n) is 12.4. The first-order chi connectivity index (χ1) is 20.4. The van der Waals surface area contributed by atoms with Gasteiger partial charge in [-0.1, -0.05) is 24.3 Å². The Balaban J connectivity index is 1.44. The maximum atomic E-state index is 14.3. The van der Waals surface area contributed by atoms with Gasteiger partial charge in [-0.05, 0) is 87.4 Å². The van der Waals surface area contributed by atoms with E-state index in [0.29, 0.717) is 18.5 Å². The molecule has 9 heteroatoms. The topological polar surface area (TPSA) is 69.4 Å². The van der Waals surface area contributed by atoms with Crippen LogP contribution in [-0.2, 0) is 23.0 Å². The number of hydrogen-bond donors (Lipinski definition) is 0. The summed E-state index contributed by atoms with van der Waals surface area (Å²) in [6, 6.07) is 15.6. The lowest BCUT2D eigenvalue weighted by Gasteiger charge is -2.39. The molecule has 43 heavy (non-hydrogen) atoms. The molecule has 0 N–H and O–H groups in total. The van der Waals surface area contributed by atoms with Crippen molar-refractivity contribution in [1.82, 2.24) is 19.2 Å². The molecule has 0 spiro atoms. The van der Waals surface area contributed by atoms with E-state index in [9.17, 15) is 18.4 Å². The summed E-state index contributed by atoms with van der Waals surface area (Å²) in [5, 5.41) is 4.92. The van der Waals surface area contributed by atoms with Gasteiger partial charge in [-0.15, -0.1) is 0 Å². The molecule has 3 heterocycles. The van der Waals surface area contributed by atoms with Gasteiger partial charge in [0.05, 0.1) is 17.1 Å². The molecule has 2 aromatic carbocycles. The van der Waals surface area contributed by atoms with Crippen LogP contribution in [0.2, 0.25) is 0 Å². The Labute approximate surface area is 251 Å². The second kappa shape index (κ2) is 12.1. The average Bonchev–Trinajstić information content (AvgIpc) is 3.52. The van der Waals surface area contributed by atoms with Crippen molar-refractivity contribution in [3.63, 3.8) is 0 Å². The number of likely N-dealkylation sites (tertiary alicyclic amines) is 1. The normalized spacial score (nSPS) is 17.2. The molecule has 7 nitrogen and oxygen atoms in total. The first-order valence-electron chi connectivity index (χ1n) is 14.6. The summed E-state index contributed by atoms with van der Waals surface area (Å²) in [5.41, 5.74) is 4.28. The van der Waals surface area contributed by atoms with Crippen LogP contribution in [0.3, 0.4) is 0 Å². The third kappa shape index (κ3) is 6.87. The van der Waals surface area contributed by atoms with Crippen molar-refractivity contribution < 1.29 is 23.1 Å². The standard InChI is InChI=1S/C34H38F2N4O3/c1-22-31(40(26-9-7-6-8-10-26)37-32(22)24-13-15-38(5)20-24)19-27(41)17-25-21-39(33(42)43-34(2,3)4)16-14-28(25)23-11-12-29(35)30(36)18-23/h6-13,15,18,20,25,28H,14,16-17,19,21H2,1-5H3. The molecule has 1 fully saturated rings. The van der Waals surface area contributed by atoms with Crippen LogP contribution < -0.4 is 0 Å². The predicted molar refractivity (Wildman–Crippen MR) is 161 cm³/mol. The van der Waals surface area contributed by atoms with Gasteiger partial charge in [-0.25, -0.2) is 18.3 Å². The zero-order valence-electron chi connectivity index (χ0n) is 25.3. The van der Waals surface area contributed by atoms with E-state index in [2.05, 4.69) is 0 Å². The predicted octanol–water partition coefficient (Wildman–Crippen LogP) is 7.01. The fourth-order valence-electron chi connectivity index (χ4n) is 5.90. The number of amides is 1. The molecule has 4 aromatic rings. The van der Waals surface area contributed by atoms with E-state index in [0.717, 1.165) is 34.3 Å². The third-order valence-electron chi connectivity index (χ3n) is 7.96.